The summed E-state index contributed by atoms with van der Waals surface area (Å²) in [5, 5.41) is 7.72. The van der Waals surface area contributed by atoms with Gasteiger partial charge in [0.1, 0.15) is 0 Å². The molecule has 8 atom stereocenters. The molecule has 2 unspecified atom stereocenters. The zero-order valence-electron chi connectivity index (χ0n) is 23.0. The van der Waals surface area contributed by atoms with Crippen LogP contribution in [0.1, 0.15) is 139 Å². The first-order valence-electron chi connectivity index (χ1n) is 14.8. The topological polar surface area (TPSA) is 37.3 Å². The number of aliphatic carboxylic acids is 1. The van der Waals surface area contributed by atoms with Crippen LogP contribution in [0, 0.1) is 52.3 Å². The molecule has 4 rings (SSSR count). The van der Waals surface area contributed by atoms with Crippen LogP contribution in [-0.4, -0.2) is 11.1 Å². The monoisotopic (exact) mass is 462 g/mol. The Kier molecular flexibility index (Phi) is 9.41. The summed E-state index contributed by atoms with van der Waals surface area (Å²) in [6.07, 6.45) is 21.6. The molecule has 0 amide bonds. The van der Waals surface area contributed by atoms with Crippen molar-refractivity contribution in [3.63, 3.8) is 0 Å². The second-order valence-corrected chi connectivity index (χ2v) is 13.5. The van der Waals surface area contributed by atoms with Gasteiger partial charge in [0.05, 0.1) is 0 Å². The SMILES string of the molecule is CC(C)CCCC[C@H](C)[C@@H]1CC[C@@H]2C3CCC4CCCC[C@@]4(C)[C@@H]3CC[C@]21C.CCC(=O)O.[HH]. The third-order valence-corrected chi connectivity index (χ3v) is 11.3. The van der Waals surface area contributed by atoms with Crippen LogP contribution in [0.25, 0.3) is 0 Å². The van der Waals surface area contributed by atoms with E-state index in [2.05, 4.69) is 34.6 Å². The fourth-order valence-electron chi connectivity index (χ4n) is 9.49. The van der Waals surface area contributed by atoms with Crippen LogP contribution in [0.2, 0.25) is 0 Å². The normalized spacial score (nSPS) is 40.8. The van der Waals surface area contributed by atoms with Crippen molar-refractivity contribution in [2.24, 2.45) is 52.3 Å². The van der Waals surface area contributed by atoms with E-state index in [0.717, 1.165) is 41.4 Å². The van der Waals surface area contributed by atoms with Gasteiger partial charge in [-0.15, -0.1) is 0 Å². The van der Waals surface area contributed by atoms with Crippen LogP contribution < -0.4 is 0 Å². The smallest absolute Gasteiger partial charge is 0.303 e. The van der Waals surface area contributed by atoms with Crippen LogP contribution in [0.5, 0.6) is 0 Å². The van der Waals surface area contributed by atoms with E-state index in [-0.39, 0.29) is 7.85 Å². The Morgan fingerprint density at radius 2 is 1.55 bits per heavy atom. The standard InChI is InChI=1S/C28H50.C3H6O2.H2/c1-20(2)10-6-7-11-21(3)24-15-16-25-23-14-13-22-12-8-9-18-27(22,4)26(23)17-19-28(24,25)5;1-2-3(4)5;/h20-26H,6-19H2,1-5H3;2H2,1H3,(H,4,5);1H/t21-,22?,23?,24-,25+,26+,27+,28-;;/m0../s1. The van der Waals surface area contributed by atoms with Crippen molar-refractivity contribution in [1.29, 1.82) is 0 Å². The van der Waals surface area contributed by atoms with Crippen LogP contribution in [0.3, 0.4) is 0 Å². The first-order chi connectivity index (χ1) is 15.6. The van der Waals surface area contributed by atoms with Gasteiger partial charge in [0.15, 0.2) is 0 Å². The van der Waals surface area contributed by atoms with Crippen LogP contribution >= 0.6 is 0 Å². The third-order valence-electron chi connectivity index (χ3n) is 11.3. The molecule has 0 radical (unpaired) electrons. The second kappa shape index (κ2) is 11.5. The molecule has 194 valence electrons. The molecule has 0 saturated heterocycles. The fourth-order valence-corrected chi connectivity index (χ4v) is 9.49. The van der Waals surface area contributed by atoms with Crippen molar-refractivity contribution in [1.82, 2.24) is 0 Å². The summed E-state index contributed by atoms with van der Waals surface area (Å²) in [7, 11) is 0. The van der Waals surface area contributed by atoms with Gasteiger partial charge in [-0.2, -0.15) is 0 Å². The molecule has 4 aliphatic carbocycles. The third kappa shape index (κ3) is 5.83. The lowest BCUT2D eigenvalue weighted by Gasteiger charge is -2.61. The van der Waals surface area contributed by atoms with Crippen LogP contribution in [0.4, 0.5) is 0 Å². The number of carboxylic acid groups (broad SMARTS) is 1. The fraction of sp³-hybridized carbons (Fsp3) is 0.968. The highest BCUT2D eigenvalue weighted by Gasteiger charge is 2.59. The quantitative estimate of drug-likeness (QED) is 0.382. The van der Waals surface area contributed by atoms with Gasteiger partial charge in [-0.3, -0.25) is 4.79 Å². The lowest BCUT2D eigenvalue weighted by molar-refractivity contribution is -0.136. The van der Waals surface area contributed by atoms with Gasteiger partial charge in [0.25, 0.3) is 0 Å². The van der Waals surface area contributed by atoms with Crippen molar-refractivity contribution in [3.8, 4) is 0 Å². The predicted octanol–water partition coefficient (Wildman–Crippen LogP) is 9.61. The van der Waals surface area contributed by atoms with Gasteiger partial charge in [0, 0.05) is 7.85 Å². The maximum absolute atomic E-state index is 9.37. The van der Waals surface area contributed by atoms with Crippen LogP contribution in [-0.2, 0) is 4.79 Å². The number of hydrogen-bond donors (Lipinski definition) is 1. The zero-order valence-corrected chi connectivity index (χ0v) is 23.0. The Morgan fingerprint density at radius 3 is 2.21 bits per heavy atom. The molecule has 2 heteroatoms. The van der Waals surface area contributed by atoms with E-state index in [9.17, 15) is 4.79 Å². The second-order valence-electron chi connectivity index (χ2n) is 13.5. The summed E-state index contributed by atoms with van der Waals surface area (Å²) >= 11 is 0. The zero-order chi connectivity index (χ0) is 24.2. The maximum atomic E-state index is 9.37. The molecule has 0 bridgehead atoms. The predicted molar refractivity (Wildman–Crippen MR) is 142 cm³/mol. The van der Waals surface area contributed by atoms with E-state index in [4.69, 9.17) is 5.11 Å². The van der Waals surface area contributed by atoms with Gasteiger partial charge < -0.3 is 5.11 Å². The average Bonchev–Trinajstić information content (AvgIpc) is 3.13. The van der Waals surface area contributed by atoms with Gasteiger partial charge in [0.2, 0.25) is 0 Å². The van der Waals surface area contributed by atoms with Gasteiger partial charge in [-0.25, -0.2) is 0 Å². The molecular weight excluding hydrogens is 404 g/mol. The molecule has 4 aliphatic rings. The minimum absolute atomic E-state index is 0. The highest BCUT2D eigenvalue weighted by molar-refractivity contribution is 5.66. The van der Waals surface area contributed by atoms with Crippen LogP contribution in [0.15, 0.2) is 0 Å². The Hall–Kier alpha value is -0.530. The van der Waals surface area contributed by atoms with Crippen molar-refractivity contribution in [3.05, 3.63) is 0 Å². The van der Waals surface area contributed by atoms with Gasteiger partial charge in [-0.1, -0.05) is 80.1 Å². The molecule has 0 spiro atoms. The molecule has 0 aromatic carbocycles. The van der Waals surface area contributed by atoms with E-state index in [0.29, 0.717) is 10.8 Å². The molecule has 33 heavy (non-hydrogen) atoms. The summed E-state index contributed by atoms with van der Waals surface area (Å²) in [6.45, 7) is 14.5. The van der Waals surface area contributed by atoms with E-state index in [1.807, 2.05) is 0 Å². The van der Waals surface area contributed by atoms with Crippen molar-refractivity contribution in [2.75, 3.05) is 0 Å². The maximum Gasteiger partial charge on any atom is 0.303 e. The lowest BCUT2D eigenvalue weighted by atomic mass is 9.44. The number of hydrogen-bond acceptors (Lipinski definition) is 1. The summed E-state index contributed by atoms with van der Waals surface area (Å²) < 4.78 is 0. The Labute approximate surface area is 207 Å². The Balaban J connectivity index is 0.000000619. The van der Waals surface area contributed by atoms with E-state index < -0.39 is 5.97 Å². The number of rotatable bonds is 7. The molecule has 1 N–H and O–H groups in total. The Bertz CT molecular complexity index is 633. The van der Waals surface area contributed by atoms with Gasteiger partial charge in [-0.05, 0) is 104 Å². The number of carbonyl (C=O) groups is 1. The molecule has 0 aromatic rings. The Morgan fingerprint density at radius 1 is 0.879 bits per heavy atom. The molecule has 0 aliphatic heterocycles. The van der Waals surface area contributed by atoms with Gasteiger partial charge >= 0.3 is 5.97 Å². The summed E-state index contributed by atoms with van der Waals surface area (Å²) in [4.78, 5) is 9.37. The van der Waals surface area contributed by atoms with E-state index >= 15 is 0 Å². The van der Waals surface area contributed by atoms with Crippen molar-refractivity contribution < 1.29 is 11.3 Å². The molecule has 2 nitrogen and oxygen atoms in total. The van der Waals surface area contributed by atoms with Crippen molar-refractivity contribution >= 4 is 5.97 Å². The molecule has 4 fully saturated rings. The molecule has 0 aromatic heterocycles. The molecular formula is C31H58O2. The number of carboxylic acids is 1. The highest BCUT2D eigenvalue weighted by Crippen LogP contribution is 2.68. The number of unbranched alkanes of at least 4 members (excludes halogenated alkanes) is 1. The summed E-state index contributed by atoms with van der Waals surface area (Å²) in [5.74, 6) is 6.41. The largest absolute Gasteiger partial charge is 0.481 e. The first kappa shape index (κ1) is 27.1. The lowest BCUT2D eigenvalue weighted by Crippen LogP contribution is -2.53. The molecule has 0 heterocycles. The average molecular weight is 463 g/mol. The minimum Gasteiger partial charge on any atom is -0.481 e. The molecule has 4 saturated carbocycles. The number of fused-ring (bicyclic) bond motifs is 5. The summed E-state index contributed by atoms with van der Waals surface area (Å²) in [6, 6.07) is 0. The van der Waals surface area contributed by atoms with E-state index in [1.165, 1.54) is 38.5 Å². The summed E-state index contributed by atoms with van der Waals surface area (Å²) in [5.41, 5.74) is 1.39. The highest BCUT2D eigenvalue weighted by atomic mass is 16.4. The van der Waals surface area contributed by atoms with E-state index in [1.54, 1.807) is 58.3 Å². The first-order valence-corrected chi connectivity index (χ1v) is 14.8. The van der Waals surface area contributed by atoms with Crippen molar-refractivity contribution in [2.45, 2.75) is 138 Å². The minimum atomic E-state index is -0.745.